The van der Waals surface area contributed by atoms with Crippen LogP contribution in [0, 0.1) is 0 Å². The summed E-state index contributed by atoms with van der Waals surface area (Å²) in [6.45, 7) is 5.69. The van der Waals surface area contributed by atoms with Crippen LogP contribution in [0.4, 0.5) is 0 Å². The minimum absolute atomic E-state index is 0.447. The zero-order valence-corrected chi connectivity index (χ0v) is 13.2. The van der Waals surface area contributed by atoms with Gasteiger partial charge in [0.15, 0.2) is 0 Å². The quantitative estimate of drug-likeness (QED) is 0.828. The molecule has 116 valence electrons. The van der Waals surface area contributed by atoms with Crippen LogP contribution < -0.4 is 0 Å². The van der Waals surface area contributed by atoms with Gasteiger partial charge in [-0.15, -0.1) is 0 Å². The van der Waals surface area contributed by atoms with Gasteiger partial charge in [0.05, 0.1) is 12.7 Å². The summed E-state index contributed by atoms with van der Waals surface area (Å²) in [5.41, 5.74) is 1.28. The van der Waals surface area contributed by atoms with E-state index in [1.807, 2.05) is 0 Å². The fourth-order valence-electron chi connectivity index (χ4n) is 3.55. The number of likely N-dealkylation sites (tertiary alicyclic amines) is 2. The van der Waals surface area contributed by atoms with E-state index in [1.165, 1.54) is 57.4 Å². The van der Waals surface area contributed by atoms with Crippen LogP contribution in [0.3, 0.4) is 0 Å². The van der Waals surface area contributed by atoms with Gasteiger partial charge in [-0.1, -0.05) is 30.3 Å². The van der Waals surface area contributed by atoms with Crippen LogP contribution in [-0.4, -0.2) is 55.2 Å². The second-order valence-electron chi connectivity index (χ2n) is 6.57. The Morgan fingerprint density at radius 1 is 1.05 bits per heavy atom. The van der Waals surface area contributed by atoms with Crippen LogP contribution in [0.2, 0.25) is 0 Å². The molecule has 2 fully saturated rings. The Morgan fingerprint density at radius 2 is 1.81 bits per heavy atom. The van der Waals surface area contributed by atoms with Gasteiger partial charge in [-0.3, -0.25) is 0 Å². The zero-order chi connectivity index (χ0) is 14.5. The van der Waals surface area contributed by atoms with Gasteiger partial charge in [0.25, 0.3) is 0 Å². The summed E-state index contributed by atoms with van der Waals surface area (Å²) in [6.07, 6.45) is 5.56. The molecule has 0 aromatic heterocycles. The monoisotopic (exact) mass is 288 g/mol. The molecule has 0 N–H and O–H groups in total. The first-order valence-corrected chi connectivity index (χ1v) is 8.39. The van der Waals surface area contributed by atoms with E-state index < -0.39 is 0 Å². The van der Waals surface area contributed by atoms with Crippen LogP contribution in [0.1, 0.15) is 31.2 Å². The van der Waals surface area contributed by atoms with Crippen LogP contribution in [-0.2, 0) is 11.3 Å². The number of ether oxygens (including phenoxy) is 1. The molecular weight excluding hydrogens is 260 g/mol. The lowest BCUT2D eigenvalue weighted by Crippen LogP contribution is -2.43. The lowest BCUT2D eigenvalue weighted by Gasteiger charge is -2.34. The average molecular weight is 288 g/mol. The van der Waals surface area contributed by atoms with Gasteiger partial charge in [0, 0.05) is 25.7 Å². The third-order valence-electron chi connectivity index (χ3n) is 5.00. The minimum atomic E-state index is 0.447. The van der Waals surface area contributed by atoms with Crippen molar-refractivity contribution in [3.63, 3.8) is 0 Å². The molecule has 3 nitrogen and oxygen atoms in total. The molecule has 21 heavy (non-hydrogen) atoms. The molecule has 0 amide bonds. The maximum atomic E-state index is 6.07. The van der Waals surface area contributed by atoms with Crippen LogP contribution in [0.5, 0.6) is 0 Å². The average Bonchev–Trinajstić information content (AvgIpc) is 2.93. The van der Waals surface area contributed by atoms with Gasteiger partial charge in [0.1, 0.15) is 0 Å². The number of nitrogens with zero attached hydrogens (tertiary/aromatic N) is 2. The van der Waals surface area contributed by atoms with Crippen molar-refractivity contribution in [2.24, 2.45) is 0 Å². The summed E-state index contributed by atoms with van der Waals surface area (Å²) < 4.78 is 6.07. The molecule has 0 aliphatic carbocycles. The number of benzene rings is 1. The van der Waals surface area contributed by atoms with Crippen LogP contribution in [0.15, 0.2) is 30.3 Å². The fraction of sp³-hybridized carbons (Fsp3) is 0.667. The van der Waals surface area contributed by atoms with Crippen LogP contribution >= 0.6 is 0 Å². The van der Waals surface area contributed by atoms with Crippen molar-refractivity contribution >= 4 is 0 Å². The summed E-state index contributed by atoms with van der Waals surface area (Å²) in [7, 11) is 2.27. The van der Waals surface area contributed by atoms with Crippen molar-refractivity contribution in [3.05, 3.63) is 35.9 Å². The lowest BCUT2D eigenvalue weighted by atomic mass is 10.1. The first kappa shape index (κ1) is 15.0. The topological polar surface area (TPSA) is 15.7 Å². The van der Waals surface area contributed by atoms with Crippen molar-refractivity contribution in [2.75, 3.05) is 33.2 Å². The number of likely N-dealkylation sites (N-methyl/N-ethyl adjacent to an activating group) is 1. The van der Waals surface area contributed by atoms with Crippen LogP contribution in [0.25, 0.3) is 0 Å². The Hall–Kier alpha value is -0.900. The number of hydrogen-bond donors (Lipinski definition) is 0. The highest BCUT2D eigenvalue weighted by atomic mass is 16.5. The maximum Gasteiger partial charge on any atom is 0.0720 e. The minimum Gasteiger partial charge on any atom is -0.373 e. The Bertz CT molecular complexity index is 414. The van der Waals surface area contributed by atoms with E-state index in [-0.39, 0.29) is 0 Å². The smallest absolute Gasteiger partial charge is 0.0720 e. The SMILES string of the molecule is CN1CCC[C@@H]1CN1CCC(OCc2ccccc2)CC1. The highest BCUT2D eigenvalue weighted by molar-refractivity contribution is 5.13. The van der Waals surface area contributed by atoms with E-state index in [0.29, 0.717) is 6.10 Å². The first-order chi connectivity index (χ1) is 10.3. The van der Waals surface area contributed by atoms with Gasteiger partial charge in [0.2, 0.25) is 0 Å². The zero-order valence-electron chi connectivity index (χ0n) is 13.2. The molecule has 0 unspecified atom stereocenters. The second kappa shape index (κ2) is 7.39. The van der Waals surface area contributed by atoms with Gasteiger partial charge >= 0.3 is 0 Å². The summed E-state index contributed by atoms with van der Waals surface area (Å²) in [4.78, 5) is 5.16. The molecule has 0 radical (unpaired) electrons. The first-order valence-electron chi connectivity index (χ1n) is 8.39. The normalized spacial score (nSPS) is 25.5. The Balaban J connectivity index is 1.37. The molecule has 2 heterocycles. The van der Waals surface area contributed by atoms with E-state index in [1.54, 1.807) is 0 Å². The lowest BCUT2D eigenvalue weighted by molar-refractivity contribution is -0.00561. The summed E-state index contributed by atoms with van der Waals surface area (Å²) >= 11 is 0. The van der Waals surface area contributed by atoms with E-state index in [9.17, 15) is 0 Å². The standard InChI is InChI=1S/C18H28N2O/c1-19-11-5-8-17(19)14-20-12-9-18(10-13-20)21-15-16-6-3-2-4-7-16/h2-4,6-7,17-18H,5,8-15H2,1H3/t17-/m1/s1. The third-order valence-corrected chi connectivity index (χ3v) is 5.00. The Kier molecular flexibility index (Phi) is 5.28. The molecule has 1 aromatic carbocycles. The van der Waals surface area contributed by atoms with Gasteiger partial charge in [-0.2, -0.15) is 0 Å². The van der Waals surface area contributed by atoms with Crippen molar-refractivity contribution in [2.45, 2.75) is 44.4 Å². The van der Waals surface area contributed by atoms with Crippen molar-refractivity contribution in [1.82, 2.24) is 9.80 Å². The largest absolute Gasteiger partial charge is 0.373 e. The molecule has 3 rings (SSSR count). The molecule has 2 saturated heterocycles. The van der Waals surface area contributed by atoms with E-state index in [4.69, 9.17) is 4.74 Å². The second-order valence-corrected chi connectivity index (χ2v) is 6.57. The van der Waals surface area contributed by atoms with Gasteiger partial charge in [-0.05, 0) is 44.8 Å². The van der Waals surface area contributed by atoms with Gasteiger partial charge < -0.3 is 14.5 Å². The molecule has 1 atom stereocenters. The Morgan fingerprint density at radius 3 is 2.48 bits per heavy atom. The maximum absolute atomic E-state index is 6.07. The highest BCUT2D eigenvalue weighted by Crippen LogP contribution is 2.20. The molecular formula is C18H28N2O. The molecule has 0 bridgehead atoms. The number of rotatable bonds is 5. The van der Waals surface area contributed by atoms with Crippen molar-refractivity contribution < 1.29 is 4.74 Å². The van der Waals surface area contributed by atoms with Crippen molar-refractivity contribution in [1.29, 1.82) is 0 Å². The predicted octanol–water partition coefficient (Wildman–Crippen LogP) is 2.76. The molecule has 1 aromatic rings. The summed E-state index contributed by atoms with van der Waals surface area (Å²) in [5.74, 6) is 0. The fourth-order valence-corrected chi connectivity index (χ4v) is 3.55. The van der Waals surface area contributed by atoms with Crippen molar-refractivity contribution in [3.8, 4) is 0 Å². The summed E-state index contributed by atoms with van der Waals surface area (Å²) in [6, 6.07) is 11.3. The summed E-state index contributed by atoms with van der Waals surface area (Å²) in [5, 5.41) is 0. The van der Waals surface area contributed by atoms with E-state index in [2.05, 4.69) is 47.2 Å². The van der Waals surface area contributed by atoms with E-state index >= 15 is 0 Å². The van der Waals surface area contributed by atoms with Gasteiger partial charge in [-0.25, -0.2) is 0 Å². The molecule has 3 heteroatoms. The highest BCUT2D eigenvalue weighted by Gasteiger charge is 2.26. The number of hydrogen-bond acceptors (Lipinski definition) is 3. The Labute approximate surface area is 128 Å². The molecule has 0 spiro atoms. The number of piperidine rings is 1. The van der Waals surface area contributed by atoms with E-state index in [0.717, 1.165) is 12.6 Å². The molecule has 0 saturated carbocycles. The molecule has 2 aliphatic rings. The molecule has 2 aliphatic heterocycles. The predicted molar refractivity (Wildman–Crippen MR) is 86.3 cm³/mol. The third kappa shape index (κ3) is 4.29.